The molecule has 4 nitrogen and oxygen atoms in total. The number of likely N-dealkylation sites (tertiary alicyclic amines) is 1. The van der Waals surface area contributed by atoms with E-state index in [1.54, 1.807) is 6.07 Å². The van der Waals surface area contributed by atoms with Crippen LogP contribution in [0, 0.1) is 5.82 Å². The van der Waals surface area contributed by atoms with Crippen molar-refractivity contribution in [2.45, 2.75) is 44.7 Å². The van der Waals surface area contributed by atoms with Gasteiger partial charge in [0.25, 0.3) is 0 Å². The van der Waals surface area contributed by atoms with Crippen LogP contribution in [0.3, 0.4) is 0 Å². The monoisotopic (exact) mass is 342 g/mol. The van der Waals surface area contributed by atoms with Crippen molar-refractivity contribution in [3.8, 4) is 0 Å². The lowest BCUT2D eigenvalue weighted by Gasteiger charge is -2.39. The zero-order valence-corrected chi connectivity index (χ0v) is 14.4. The molecule has 0 aliphatic carbocycles. The number of carboxylic acids is 1. The molecule has 2 aromatic rings. The fourth-order valence-electron chi connectivity index (χ4n) is 3.54. The first kappa shape index (κ1) is 17.5. The van der Waals surface area contributed by atoms with Gasteiger partial charge in [0.2, 0.25) is 0 Å². The van der Waals surface area contributed by atoms with E-state index in [1.165, 1.54) is 12.1 Å². The molecule has 2 heterocycles. The molecule has 0 amide bonds. The summed E-state index contributed by atoms with van der Waals surface area (Å²) in [5.74, 6) is -1.15. The highest BCUT2D eigenvalue weighted by molar-refractivity contribution is 5.73. The van der Waals surface area contributed by atoms with Crippen LogP contribution in [-0.2, 0) is 11.2 Å². The molecule has 1 saturated heterocycles. The summed E-state index contributed by atoms with van der Waals surface area (Å²) in [6.07, 6.45) is 5.14. The Hall–Kier alpha value is -2.27. The Labute approximate surface area is 147 Å². The minimum Gasteiger partial charge on any atom is -0.480 e. The zero-order valence-electron chi connectivity index (χ0n) is 14.4. The van der Waals surface area contributed by atoms with Gasteiger partial charge in [-0.25, -0.2) is 4.39 Å². The fourth-order valence-corrected chi connectivity index (χ4v) is 3.54. The summed E-state index contributed by atoms with van der Waals surface area (Å²) >= 11 is 0. The number of carbonyl (C=O) groups is 1. The second-order valence-electron chi connectivity index (χ2n) is 6.49. The molecule has 1 fully saturated rings. The van der Waals surface area contributed by atoms with Crippen LogP contribution in [0.4, 0.5) is 4.39 Å². The van der Waals surface area contributed by atoms with E-state index in [4.69, 9.17) is 0 Å². The molecular formula is C20H23FN2O2. The number of benzene rings is 1. The van der Waals surface area contributed by atoms with Gasteiger partial charge in [0, 0.05) is 6.20 Å². The number of aryl methyl sites for hydroxylation is 1. The third kappa shape index (κ3) is 3.87. The van der Waals surface area contributed by atoms with Crippen molar-refractivity contribution in [3.63, 3.8) is 0 Å². The summed E-state index contributed by atoms with van der Waals surface area (Å²) in [5.41, 5.74) is 2.62. The quantitative estimate of drug-likeness (QED) is 0.898. The third-order valence-corrected chi connectivity index (χ3v) is 4.86. The van der Waals surface area contributed by atoms with E-state index in [2.05, 4.69) is 11.9 Å². The van der Waals surface area contributed by atoms with Crippen molar-refractivity contribution < 1.29 is 14.3 Å². The number of piperidine rings is 1. The van der Waals surface area contributed by atoms with Crippen molar-refractivity contribution in [1.29, 1.82) is 0 Å². The molecule has 2 atom stereocenters. The average Bonchev–Trinajstić information content (AvgIpc) is 2.63. The summed E-state index contributed by atoms with van der Waals surface area (Å²) < 4.78 is 13.8. The van der Waals surface area contributed by atoms with E-state index in [1.807, 2.05) is 29.3 Å². The number of hydrogen-bond acceptors (Lipinski definition) is 3. The van der Waals surface area contributed by atoms with Crippen LogP contribution in [0.5, 0.6) is 0 Å². The molecule has 1 aliphatic rings. The van der Waals surface area contributed by atoms with E-state index in [-0.39, 0.29) is 11.9 Å². The largest absolute Gasteiger partial charge is 0.480 e. The molecule has 0 spiro atoms. The molecule has 1 aliphatic heterocycles. The normalized spacial score (nSPS) is 19.5. The van der Waals surface area contributed by atoms with Gasteiger partial charge in [0.15, 0.2) is 0 Å². The predicted octanol–water partition coefficient (Wildman–Crippen LogP) is 3.81. The SMILES string of the molecule is CCc1ccc(C(c2cccc(F)c2)N2CCCCC2C(=O)O)nc1. The molecule has 25 heavy (non-hydrogen) atoms. The zero-order chi connectivity index (χ0) is 17.8. The summed E-state index contributed by atoms with van der Waals surface area (Å²) in [5, 5.41) is 9.65. The molecule has 0 bridgehead atoms. The lowest BCUT2D eigenvalue weighted by Crippen LogP contribution is -2.47. The van der Waals surface area contributed by atoms with E-state index in [0.29, 0.717) is 13.0 Å². The summed E-state index contributed by atoms with van der Waals surface area (Å²) in [4.78, 5) is 18.3. The smallest absolute Gasteiger partial charge is 0.320 e. The average molecular weight is 342 g/mol. The summed E-state index contributed by atoms with van der Waals surface area (Å²) in [7, 11) is 0. The minimum absolute atomic E-state index is 0.323. The maximum atomic E-state index is 13.8. The number of pyridine rings is 1. The molecule has 0 saturated carbocycles. The van der Waals surface area contributed by atoms with Crippen LogP contribution in [0.2, 0.25) is 0 Å². The topological polar surface area (TPSA) is 53.4 Å². The lowest BCUT2D eigenvalue weighted by molar-refractivity contribution is -0.145. The van der Waals surface area contributed by atoms with Crippen molar-refractivity contribution in [1.82, 2.24) is 9.88 Å². The van der Waals surface area contributed by atoms with Crippen LogP contribution >= 0.6 is 0 Å². The number of hydrogen-bond donors (Lipinski definition) is 1. The van der Waals surface area contributed by atoms with Crippen LogP contribution in [0.1, 0.15) is 49.0 Å². The van der Waals surface area contributed by atoms with Crippen molar-refractivity contribution in [2.75, 3.05) is 6.54 Å². The number of aromatic nitrogens is 1. The van der Waals surface area contributed by atoms with Crippen LogP contribution in [0.25, 0.3) is 0 Å². The summed E-state index contributed by atoms with van der Waals surface area (Å²) in [6, 6.07) is 9.40. The second-order valence-corrected chi connectivity index (χ2v) is 6.49. The number of halogens is 1. The Morgan fingerprint density at radius 3 is 2.84 bits per heavy atom. The third-order valence-electron chi connectivity index (χ3n) is 4.86. The molecule has 5 heteroatoms. The predicted molar refractivity (Wildman–Crippen MR) is 93.8 cm³/mol. The standard InChI is InChI=1S/C20H23FN2O2/c1-2-14-9-10-17(22-13-14)19(15-6-5-7-16(21)12-15)23-11-4-3-8-18(23)20(24)25/h5-7,9-10,12-13,18-19H,2-4,8,11H2,1H3,(H,24,25). The number of rotatable bonds is 5. The number of nitrogens with zero attached hydrogens (tertiary/aromatic N) is 2. The Morgan fingerprint density at radius 1 is 1.36 bits per heavy atom. The fraction of sp³-hybridized carbons (Fsp3) is 0.400. The van der Waals surface area contributed by atoms with Gasteiger partial charge in [-0.15, -0.1) is 0 Å². The van der Waals surface area contributed by atoms with Gasteiger partial charge in [-0.3, -0.25) is 14.7 Å². The first-order valence-electron chi connectivity index (χ1n) is 8.79. The van der Waals surface area contributed by atoms with Crippen LogP contribution < -0.4 is 0 Å². The second kappa shape index (κ2) is 7.74. The van der Waals surface area contributed by atoms with Crippen molar-refractivity contribution >= 4 is 5.97 Å². The van der Waals surface area contributed by atoms with Gasteiger partial charge in [0.05, 0.1) is 11.7 Å². The maximum absolute atomic E-state index is 13.8. The lowest BCUT2D eigenvalue weighted by atomic mass is 9.94. The van der Waals surface area contributed by atoms with Gasteiger partial charge < -0.3 is 5.11 Å². The van der Waals surface area contributed by atoms with Crippen molar-refractivity contribution in [3.05, 3.63) is 65.2 Å². The van der Waals surface area contributed by atoms with Crippen molar-refractivity contribution in [2.24, 2.45) is 0 Å². The molecule has 0 radical (unpaired) electrons. The molecule has 132 valence electrons. The van der Waals surface area contributed by atoms with Gasteiger partial charge >= 0.3 is 5.97 Å². The van der Waals surface area contributed by atoms with E-state index in [0.717, 1.165) is 36.1 Å². The van der Waals surface area contributed by atoms with E-state index >= 15 is 0 Å². The highest BCUT2D eigenvalue weighted by Gasteiger charge is 2.35. The summed E-state index contributed by atoms with van der Waals surface area (Å²) in [6.45, 7) is 2.72. The Balaban J connectivity index is 2.05. The van der Waals surface area contributed by atoms with E-state index < -0.39 is 12.0 Å². The first-order chi connectivity index (χ1) is 12.1. The maximum Gasteiger partial charge on any atom is 0.320 e. The van der Waals surface area contributed by atoms with Crippen LogP contribution in [0.15, 0.2) is 42.6 Å². The molecule has 1 aromatic heterocycles. The van der Waals surface area contributed by atoms with Gasteiger partial charge in [0.1, 0.15) is 11.9 Å². The molecule has 1 N–H and O–H groups in total. The number of aliphatic carboxylic acids is 1. The molecular weight excluding hydrogens is 319 g/mol. The molecule has 2 unspecified atom stereocenters. The Bertz CT molecular complexity index is 733. The van der Waals surface area contributed by atoms with Gasteiger partial charge in [-0.2, -0.15) is 0 Å². The minimum atomic E-state index is -0.828. The van der Waals surface area contributed by atoms with Gasteiger partial charge in [-0.1, -0.05) is 31.5 Å². The Morgan fingerprint density at radius 2 is 2.20 bits per heavy atom. The highest BCUT2D eigenvalue weighted by Crippen LogP contribution is 2.33. The number of carboxylic acid groups (broad SMARTS) is 1. The molecule has 1 aromatic carbocycles. The van der Waals surface area contributed by atoms with Crippen LogP contribution in [-0.4, -0.2) is 33.5 Å². The highest BCUT2D eigenvalue weighted by atomic mass is 19.1. The first-order valence-corrected chi connectivity index (χ1v) is 8.79. The molecule has 3 rings (SSSR count). The van der Waals surface area contributed by atoms with E-state index in [9.17, 15) is 14.3 Å². The Kier molecular flexibility index (Phi) is 5.43. The van der Waals surface area contributed by atoms with Gasteiger partial charge in [-0.05, 0) is 55.1 Å².